The minimum atomic E-state index is -0.254. The molecule has 106 valence electrons. The van der Waals surface area contributed by atoms with Crippen LogP contribution >= 0.6 is 0 Å². The zero-order valence-corrected chi connectivity index (χ0v) is 11.9. The lowest BCUT2D eigenvalue weighted by molar-refractivity contribution is -0.120. The highest BCUT2D eigenvalue weighted by atomic mass is 16.5. The van der Waals surface area contributed by atoms with Crippen LogP contribution in [0.25, 0.3) is 0 Å². The zero-order chi connectivity index (χ0) is 13.6. The number of carbonyl (C=O) groups excluding carboxylic acids is 1. The van der Waals surface area contributed by atoms with Gasteiger partial charge in [0, 0.05) is 19.6 Å². The standard InChI is InChI=1S/C13H27N3O2/c1-4-6-15-11(12(14)17)5-7-16-8-9-18-13(2,3)10-16/h11,15H,4-10H2,1-3H3,(H2,14,17). The number of hydrogen-bond acceptors (Lipinski definition) is 4. The normalized spacial score (nSPS) is 21.7. The Morgan fingerprint density at radius 2 is 2.28 bits per heavy atom. The van der Waals surface area contributed by atoms with Crippen molar-refractivity contribution >= 4 is 5.91 Å². The first-order valence-corrected chi connectivity index (χ1v) is 6.83. The maximum atomic E-state index is 11.3. The van der Waals surface area contributed by atoms with Gasteiger partial charge in [0.05, 0.1) is 18.2 Å². The van der Waals surface area contributed by atoms with Gasteiger partial charge in [0.25, 0.3) is 0 Å². The quantitative estimate of drug-likeness (QED) is 0.690. The van der Waals surface area contributed by atoms with E-state index in [9.17, 15) is 4.79 Å². The number of nitrogens with zero attached hydrogens (tertiary/aromatic N) is 1. The molecule has 0 spiro atoms. The number of morpholine rings is 1. The monoisotopic (exact) mass is 257 g/mol. The number of hydrogen-bond donors (Lipinski definition) is 2. The first-order chi connectivity index (χ1) is 8.44. The summed E-state index contributed by atoms with van der Waals surface area (Å²) in [5.74, 6) is -0.254. The van der Waals surface area contributed by atoms with E-state index >= 15 is 0 Å². The highest BCUT2D eigenvalue weighted by molar-refractivity contribution is 5.79. The van der Waals surface area contributed by atoms with Gasteiger partial charge >= 0.3 is 0 Å². The molecule has 0 aromatic heterocycles. The van der Waals surface area contributed by atoms with Crippen LogP contribution in [0.15, 0.2) is 0 Å². The van der Waals surface area contributed by atoms with Crippen LogP contribution in [-0.4, -0.2) is 55.2 Å². The zero-order valence-electron chi connectivity index (χ0n) is 11.9. The molecule has 0 aliphatic carbocycles. The van der Waals surface area contributed by atoms with Crippen LogP contribution in [-0.2, 0) is 9.53 Å². The summed E-state index contributed by atoms with van der Waals surface area (Å²) in [6, 6.07) is -0.212. The van der Waals surface area contributed by atoms with Gasteiger partial charge < -0.3 is 15.8 Å². The minimum Gasteiger partial charge on any atom is -0.373 e. The Morgan fingerprint density at radius 3 is 2.83 bits per heavy atom. The molecule has 18 heavy (non-hydrogen) atoms. The molecule has 5 nitrogen and oxygen atoms in total. The van der Waals surface area contributed by atoms with Crippen molar-refractivity contribution in [1.29, 1.82) is 0 Å². The van der Waals surface area contributed by atoms with Gasteiger partial charge in [-0.3, -0.25) is 9.69 Å². The Morgan fingerprint density at radius 1 is 1.56 bits per heavy atom. The average Bonchev–Trinajstić information content (AvgIpc) is 2.27. The lowest BCUT2D eigenvalue weighted by Gasteiger charge is -2.38. The van der Waals surface area contributed by atoms with Crippen molar-refractivity contribution in [2.24, 2.45) is 5.73 Å². The summed E-state index contributed by atoms with van der Waals surface area (Å²) in [4.78, 5) is 13.7. The Bertz CT molecular complexity index is 269. The van der Waals surface area contributed by atoms with Crippen molar-refractivity contribution < 1.29 is 9.53 Å². The topological polar surface area (TPSA) is 67.6 Å². The molecule has 0 aromatic rings. The molecule has 0 bridgehead atoms. The number of carbonyl (C=O) groups is 1. The van der Waals surface area contributed by atoms with E-state index in [1.807, 2.05) is 0 Å². The number of rotatable bonds is 7. The van der Waals surface area contributed by atoms with Gasteiger partial charge in [-0.2, -0.15) is 0 Å². The van der Waals surface area contributed by atoms with E-state index in [4.69, 9.17) is 10.5 Å². The van der Waals surface area contributed by atoms with E-state index in [1.165, 1.54) is 0 Å². The SMILES string of the molecule is CCCNC(CCN1CCOC(C)(C)C1)C(N)=O. The lowest BCUT2D eigenvalue weighted by Crippen LogP contribution is -2.50. The van der Waals surface area contributed by atoms with E-state index < -0.39 is 0 Å². The number of amides is 1. The molecule has 3 N–H and O–H groups in total. The molecule has 0 aromatic carbocycles. The van der Waals surface area contributed by atoms with Crippen LogP contribution in [0.2, 0.25) is 0 Å². The van der Waals surface area contributed by atoms with Crippen molar-refractivity contribution in [1.82, 2.24) is 10.2 Å². The first kappa shape index (κ1) is 15.4. The van der Waals surface area contributed by atoms with Crippen LogP contribution in [0, 0.1) is 0 Å². The molecular formula is C13H27N3O2. The van der Waals surface area contributed by atoms with Crippen molar-refractivity contribution in [3.63, 3.8) is 0 Å². The van der Waals surface area contributed by atoms with Gasteiger partial charge in [-0.05, 0) is 33.2 Å². The van der Waals surface area contributed by atoms with E-state index in [0.29, 0.717) is 0 Å². The summed E-state index contributed by atoms with van der Waals surface area (Å²) in [5, 5.41) is 3.20. The Kier molecular flexibility index (Phi) is 6.05. The molecule has 0 saturated carbocycles. The van der Waals surface area contributed by atoms with Gasteiger partial charge in [0.1, 0.15) is 0 Å². The lowest BCUT2D eigenvalue weighted by atomic mass is 10.1. The predicted octanol–water partition coefficient (Wildman–Crippen LogP) is 0.341. The molecule has 1 amide bonds. The van der Waals surface area contributed by atoms with Crippen molar-refractivity contribution in [2.75, 3.05) is 32.8 Å². The predicted molar refractivity (Wildman–Crippen MR) is 72.4 cm³/mol. The second-order valence-corrected chi connectivity index (χ2v) is 5.58. The molecule has 1 aliphatic rings. The third kappa shape index (κ3) is 5.33. The van der Waals surface area contributed by atoms with Crippen LogP contribution in [0.4, 0.5) is 0 Å². The summed E-state index contributed by atoms with van der Waals surface area (Å²) in [6.45, 7) is 10.6. The summed E-state index contributed by atoms with van der Waals surface area (Å²) in [7, 11) is 0. The first-order valence-electron chi connectivity index (χ1n) is 6.83. The molecule has 0 radical (unpaired) electrons. The fraction of sp³-hybridized carbons (Fsp3) is 0.923. The summed E-state index contributed by atoms with van der Waals surface area (Å²) < 4.78 is 5.67. The molecule has 1 aliphatic heterocycles. The summed E-state index contributed by atoms with van der Waals surface area (Å²) >= 11 is 0. The Hall–Kier alpha value is -0.650. The summed E-state index contributed by atoms with van der Waals surface area (Å²) in [5.41, 5.74) is 5.32. The van der Waals surface area contributed by atoms with Gasteiger partial charge in [0.2, 0.25) is 5.91 Å². The number of primary amides is 1. The maximum Gasteiger partial charge on any atom is 0.234 e. The van der Waals surface area contributed by atoms with Crippen molar-refractivity contribution in [3.8, 4) is 0 Å². The summed E-state index contributed by atoms with van der Waals surface area (Å²) in [6.07, 6.45) is 1.78. The minimum absolute atomic E-state index is 0.0860. The van der Waals surface area contributed by atoms with E-state index in [0.717, 1.165) is 45.6 Å². The van der Waals surface area contributed by atoms with Crippen molar-refractivity contribution in [2.45, 2.75) is 45.3 Å². The second kappa shape index (κ2) is 7.07. The van der Waals surface area contributed by atoms with E-state index in [2.05, 4.69) is 31.0 Å². The molecule has 1 unspecified atom stereocenters. The van der Waals surface area contributed by atoms with Gasteiger partial charge in [-0.25, -0.2) is 0 Å². The average molecular weight is 257 g/mol. The highest BCUT2D eigenvalue weighted by Crippen LogP contribution is 2.16. The molecule has 1 saturated heterocycles. The Labute approximate surface area is 110 Å². The van der Waals surface area contributed by atoms with Gasteiger partial charge in [-0.15, -0.1) is 0 Å². The van der Waals surface area contributed by atoms with E-state index in [-0.39, 0.29) is 17.6 Å². The third-order valence-corrected chi connectivity index (χ3v) is 3.22. The van der Waals surface area contributed by atoms with Gasteiger partial charge in [-0.1, -0.05) is 6.92 Å². The van der Waals surface area contributed by atoms with Crippen molar-refractivity contribution in [3.05, 3.63) is 0 Å². The van der Waals surface area contributed by atoms with E-state index in [1.54, 1.807) is 0 Å². The van der Waals surface area contributed by atoms with Crippen LogP contribution in [0.1, 0.15) is 33.6 Å². The maximum absolute atomic E-state index is 11.3. The second-order valence-electron chi connectivity index (χ2n) is 5.58. The molecule has 1 heterocycles. The Balaban J connectivity index is 2.34. The fourth-order valence-electron chi connectivity index (χ4n) is 2.28. The largest absolute Gasteiger partial charge is 0.373 e. The highest BCUT2D eigenvalue weighted by Gasteiger charge is 2.27. The van der Waals surface area contributed by atoms with Gasteiger partial charge in [0.15, 0.2) is 0 Å². The van der Waals surface area contributed by atoms with Crippen LogP contribution < -0.4 is 11.1 Å². The smallest absolute Gasteiger partial charge is 0.234 e. The number of nitrogens with two attached hydrogens (primary N) is 1. The molecule has 1 rings (SSSR count). The third-order valence-electron chi connectivity index (χ3n) is 3.22. The molecular weight excluding hydrogens is 230 g/mol. The number of nitrogens with one attached hydrogen (secondary N) is 1. The molecule has 5 heteroatoms. The number of ether oxygens (including phenoxy) is 1. The molecule has 1 atom stereocenters. The fourth-order valence-corrected chi connectivity index (χ4v) is 2.28. The van der Waals surface area contributed by atoms with Crippen LogP contribution in [0.5, 0.6) is 0 Å². The van der Waals surface area contributed by atoms with Crippen LogP contribution in [0.3, 0.4) is 0 Å². The molecule has 1 fully saturated rings.